The molecule has 0 aliphatic heterocycles. The van der Waals surface area contributed by atoms with E-state index < -0.39 is 0 Å². The standard InChI is InChI=1S/C21H28N4O/c1-14-10-11-18(12-15(14)2)23-20(26)19-13-16(3)22-21(25-19)24-17-8-6-4-5-7-9-17/h10-13,17H,4-9H2,1-3H3,(H,23,26)(H,22,24,25). The second-order valence-corrected chi connectivity index (χ2v) is 7.30. The zero-order valence-corrected chi connectivity index (χ0v) is 15.9. The molecule has 2 aromatic rings. The van der Waals surface area contributed by atoms with E-state index in [1.54, 1.807) is 6.07 Å². The minimum absolute atomic E-state index is 0.206. The van der Waals surface area contributed by atoms with Gasteiger partial charge in [0.05, 0.1) is 0 Å². The largest absolute Gasteiger partial charge is 0.351 e. The normalized spacial score (nSPS) is 15.3. The van der Waals surface area contributed by atoms with E-state index in [0.29, 0.717) is 17.7 Å². The molecule has 1 aromatic carbocycles. The van der Waals surface area contributed by atoms with Crippen LogP contribution in [0.5, 0.6) is 0 Å². The van der Waals surface area contributed by atoms with Gasteiger partial charge in [-0.2, -0.15) is 0 Å². The highest BCUT2D eigenvalue weighted by atomic mass is 16.1. The fourth-order valence-electron chi connectivity index (χ4n) is 3.37. The number of nitrogens with zero attached hydrogens (tertiary/aromatic N) is 2. The highest BCUT2D eigenvalue weighted by Gasteiger charge is 2.16. The Morgan fingerprint density at radius 2 is 1.69 bits per heavy atom. The number of hydrogen-bond donors (Lipinski definition) is 2. The number of aromatic nitrogens is 2. The molecule has 0 spiro atoms. The summed E-state index contributed by atoms with van der Waals surface area (Å²) in [5.74, 6) is 0.352. The molecule has 1 aromatic heterocycles. The Hall–Kier alpha value is -2.43. The molecule has 0 bridgehead atoms. The number of aryl methyl sites for hydroxylation is 3. The average molecular weight is 352 g/mol. The summed E-state index contributed by atoms with van der Waals surface area (Å²) in [5.41, 5.74) is 4.33. The smallest absolute Gasteiger partial charge is 0.274 e. The van der Waals surface area contributed by atoms with Crippen molar-refractivity contribution in [2.45, 2.75) is 65.3 Å². The minimum atomic E-state index is -0.206. The molecule has 1 saturated carbocycles. The first-order valence-electron chi connectivity index (χ1n) is 9.52. The van der Waals surface area contributed by atoms with Gasteiger partial charge in [0.25, 0.3) is 5.91 Å². The molecule has 1 aliphatic carbocycles. The molecule has 5 nitrogen and oxygen atoms in total. The van der Waals surface area contributed by atoms with E-state index in [1.165, 1.54) is 31.2 Å². The average Bonchev–Trinajstić information content (AvgIpc) is 2.86. The molecule has 1 aliphatic rings. The molecule has 26 heavy (non-hydrogen) atoms. The van der Waals surface area contributed by atoms with Crippen molar-refractivity contribution in [3.8, 4) is 0 Å². The molecule has 0 unspecified atom stereocenters. The van der Waals surface area contributed by atoms with Crippen LogP contribution in [0.4, 0.5) is 11.6 Å². The molecule has 0 saturated heterocycles. The topological polar surface area (TPSA) is 66.9 Å². The zero-order valence-electron chi connectivity index (χ0n) is 15.9. The summed E-state index contributed by atoms with van der Waals surface area (Å²) < 4.78 is 0. The third kappa shape index (κ3) is 4.81. The molecule has 2 N–H and O–H groups in total. The lowest BCUT2D eigenvalue weighted by molar-refractivity contribution is 0.102. The van der Waals surface area contributed by atoms with E-state index in [4.69, 9.17) is 0 Å². The molecule has 138 valence electrons. The van der Waals surface area contributed by atoms with Crippen molar-refractivity contribution in [3.05, 3.63) is 46.8 Å². The van der Waals surface area contributed by atoms with Crippen LogP contribution in [0.25, 0.3) is 0 Å². The number of amides is 1. The van der Waals surface area contributed by atoms with Crippen molar-refractivity contribution in [3.63, 3.8) is 0 Å². The number of hydrogen-bond acceptors (Lipinski definition) is 4. The van der Waals surface area contributed by atoms with Crippen LogP contribution in [0.1, 0.15) is 65.8 Å². The van der Waals surface area contributed by atoms with Gasteiger partial charge in [-0.3, -0.25) is 4.79 Å². The monoisotopic (exact) mass is 352 g/mol. The Kier molecular flexibility index (Phi) is 5.86. The third-order valence-electron chi connectivity index (χ3n) is 5.04. The van der Waals surface area contributed by atoms with Gasteiger partial charge in [0.1, 0.15) is 5.69 Å². The number of carbonyl (C=O) groups excluding carboxylic acids is 1. The predicted molar refractivity (Wildman–Crippen MR) is 106 cm³/mol. The van der Waals surface area contributed by atoms with Crippen molar-refractivity contribution in [1.29, 1.82) is 0 Å². The summed E-state index contributed by atoms with van der Waals surface area (Å²) in [6.45, 7) is 5.99. The van der Waals surface area contributed by atoms with Crippen LogP contribution in [0.2, 0.25) is 0 Å². The Labute approximate surface area is 155 Å². The summed E-state index contributed by atoms with van der Waals surface area (Å²) >= 11 is 0. The molecular weight excluding hydrogens is 324 g/mol. The van der Waals surface area contributed by atoms with E-state index in [9.17, 15) is 4.79 Å². The highest BCUT2D eigenvalue weighted by molar-refractivity contribution is 6.03. The van der Waals surface area contributed by atoms with Crippen molar-refractivity contribution in [2.24, 2.45) is 0 Å². The summed E-state index contributed by atoms with van der Waals surface area (Å²) in [7, 11) is 0. The van der Waals surface area contributed by atoms with Gasteiger partial charge in [0.2, 0.25) is 5.95 Å². The van der Waals surface area contributed by atoms with Crippen molar-refractivity contribution in [1.82, 2.24) is 9.97 Å². The van der Waals surface area contributed by atoms with E-state index in [1.807, 2.05) is 32.0 Å². The molecule has 0 radical (unpaired) electrons. The van der Waals surface area contributed by atoms with E-state index in [-0.39, 0.29) is 5.91 Å². The predicted octanol–water partition coefficient (Wildman–Crippen LogP) is 4.79. The third-order valence-corrected chi connectivity index (χ3v) is 5.04. The first-order chi connectivity index (χ1) is 12.5. The number of carbonyl (C=O) groups is 1. The summed E-state index contributed by atoms with van der Waals surface area (Å²) in [5, 5.41) is 6.37. The van der Waals surface area contributed by atoms with Gasteiger partial charge in [-0.25, -0.2) is 9.97 Å². The first kappa shape index (κ1) is 18.4. The highest BCUT2D eigenvalue weighted by Crippen LogP contribution is 2.20. The van der Waals surface area contributed by atoms with Gasteiger partial charge in [0.15, 0.2) is 0 Å². The molecule has 0 atom stereocenters. The molecule has 1 fully saturated rings. The second-order valence-electron chi connectivity index (χ2n) is 7.30. The summed E-state index contributed by atoms with van der Waals surface area (Å²) in [6, 6.07) is 8.03. The molecular formula is C21H28N4O. The Bertz CT molecular complexity index is 780. The van der Waals surface area contributed by atoms with E-state index in [2.05, 4.69) is 27.5 Å². The van der Waals surface area contributed by atoms with Gasteiger partial charge < -0.3 is 10.6 Å². The van der Waals surface area contributed by atoms with Crippen LogP contribution in [0.3, 0.4) is 0 Å². The van der Waals surface area contributed by atoms with Crippen molar-refractivity contribution < 1.29 is 4.79 Å². The number of anilines is 2. The Morgan fingerprint density at radius 3 is 2.38 bits per heavy atom. The molecule has 1 amide bonds. The van der Waals surface area contributed by atoms with Crippen LogP contribution < -0.4 is 10.6 Å². The summed E-state index contributed by atoms with van der Waals surface area (Å²) in [6.07, 6.45) is 7.36. The number of nitrogens with one attached hydrogen (secondary N) is 2. The maximum absolute atomic E-state index is 12.6. The molecule has 5 heteroatoms. The SMILES string of the molecule is Cc1cc(C(=O)Nc2ccc(C)c(C)c2)nc(NC2CCCCCC2)n1. The van der Waals surface area contributed by atoms with Crippen LogP contribution in [0.15, 0.2) is 24.3 Å². The molecule has 1 heterocycles. The maximum atomic E-state index is 12.6. The molecule has 3 rings (SSSR count). The van der Waals surface area contributed by atoms with Crippen molar-refractivity contribution in [2.75, 3.05) is 10.6 Å². The second kappa shape index (κ2) is 8.30. The lowest BCUT2D eigenvalue weighted by Gasteiger charge is -2.17. The van der Waals surface area contributed by atoms with Gasteiger partial charge in [-0.05, 0) is 62.9 Å². The fraction of sp³-hybridized carbons (Fsp3) is 0.476. The summed E-state index contributed by atoms with van der Waals surface area (Å²) in [4.78, 5) is 21.6. The van der Waals surface area contributed by atoms with Gasteiger partial charge in [0, 0.05) is 17.4 Å². The lowest BCUT2D eigenvalue weighted by atomic mass is 10.1. The lowest BCUT2D eigenvalue weighted by Crippen LogP contribution is -2.22. The van der Waals surface area contributed by atoms with E-state index in [0.717, 1.165) is 29.8 Å². The van der Waals surface area contributed by atoms with Gasteiger partial charge in [-0.1, -0.05) is 31.7 Å². The van der Waals surface area contributed by atoms with Crippen LogP contribution >= 0.6 is 0 Å². The zero-order chi connectivity index (χ0) is 18.5. The first-order valence-corrected chi connectivity index (χ1v) is 9.52. The van der Waals surface area contributed by atoms with Crippen LogP contribution in [-0.4, -0.2) is 21.9 Å². The number of benzene rings is 1. The van der Waals surface area contributed by atoms with E-state index >= 15 is 0 Å². The Balaban J connectivity index is 1.73. The minimum Gasteiger partial charge on any atom is -0.351 e. The van der Waals surface area contributed by atoms with Crippen LogP contribution in [0, 0.1) is 20.8 Å². The quantitative estimate of drug-likeness (QED) is 0.777. The van der Waals surface area contributed by atoms with Crippen LogP contribution in [-0.2, 0) is 0 Å². The fourth-order valence-corrected chi connectivity index (χ4v) is 3.37. The van der Waals surface area contributed by atoms with Gasteiger partial charge >= 0.3 is 0 Å². The Morgan fingerprint density at radius 1 is 0.962 bits per heavy atom. The maximum Gasteiger partial charge on any atom is 0.274 e. The number of rotatable bonds is 4. The van der Waals surface area contributed by atoms with Crippen molar-refractivity contribution >= 4 is 17.5 Å². The van der Waals surface area contributed by atoms with Gasteiger partial charge in [-0.15, -0.1) is 0 Å².